The Morgan fingerprint density at radius 1 is 1.07 bits per heavy atom. The van der Waals surface area contributed by atoms with Gasteiger partial charge in [0, 0.05) is 12.7 Å². The molecule has 7 nitrogen and oxygen atoms in total. The van der Waals surface area contributed by atoms with Gasteiger partial charge in [0.1, 0.15) is 11.6 Å². The fourth-order valence-corrected chi connectivity index (χ4v) is 3.39. The van der Waals surface area contributed by atoms with E-state index >= 15 is 0 Å². The first-order chi connectivity index (χ1) is 13.3. The zero-order valence-electron chi connectivity index (χ0n) is 15.0. The number of nitrogens with zero attached hydrogens (tertiary/aromatic N) is 1. The first-order valence-electron chi connectivity index (χ1n) is 8.12. The Kier molecular flexibility index (Phi) is 5.59. The van der Waals surface area contributed by atoms with Crippen LogP contribution in [0.5, 0.6) is 0 Å². The molecule has 9 heteroatoms. The van der Waals surface area contributed by atoms with Gasteiger partial charge in [0.2, 0.25) is 0 Å². The third kappa shape index (κ3) is 3.96. The highest BCUT2D eigenvalue weighted by Crippen LogP contribution is 2.25. The van der Waals surface area contributed by atoms with Gasteiger partial charge in [0.15, 0.2) is 5.76 Å². The third-order valence-electron chi connectivity index (χ3n) is 3.97. The second-order valence-corrected chi connectivity index (χ2v) is 7.66. The van der Waals surface area contributed by atoms with Gasteiger partial charge >= 0.3 is 0 Å². The second-order valence-electron chi connectivity index (χ2n) is 5.72. The van der Waals surface area contributed by atoms with Crippen molar-refractivity contribution in [3.63, 3.8) is 0 Å². The summed E-state index contributed by atoms with van der Waals surface area (Å²) in [6.07, 6.45) is 0. The van der Waals surface area contributed by atoms with E-state index in [-0.39, 0.29) is 22.0 Å². The van der Waals surface area contributed by atoms with Gasteiger partial charge in [0.25, 0.3) is 15.9 Å². The summed E-state index contributed by atoms with van der Waals surface area (Å²) >= 11 is 0. The molecule has 0 aliphatic rings. The lowest BCUT2D eigenvalue weighted by atomic mass is 10.1. The van der Waals surface area contributed by atoms with Crippen molar-refractivity contribution < 1.29 is 26.9 Å². The molecule has 3 rings (SSSR count). The molecule has 146 valence electrons. The van der Waals surface area contributed by atoms with E-state index in [0.29, 0.717) is 5.69 Å². The van der Waals surface area contributed by atoms with E-state index < -0.39 is 21.7 Å². The first kappa shape index (κ1) is 19.7. The van der Waals surface area contributed by atoms with Gasteiger partial charge in [-0.25, -0.2) is 12.8 Å². The molecule has 28 heavy (non-hydrogen) atoms. The predicted octanol–water partition coefficient (Wildman–Crippen LogP) is 3.52. The molecule has 0 saturated heterocycles. The van der Waals surface area contributed by atoms with Crippen molar-refractivity contribution in [2.24, 2.45) is 0 Å². The molecule has 3 aromatic rings. The smallest absolute Gasteiger partial charge is 0.291 e. The number of amides is 1. The summed E-state index contributed by atoms with van der Waals surface area (Å²) < 4.78 is 44.3. The van der Waals surface area contributed by atoms with E-state index in [1.54, 1.807) is 18.2 Å². The maximum atomic E-state index is 13.8. The molecule has 0 bridgehead atoms. The van der Waals surface area contributed by atoms with E-state index in [0.717, 1.165) is 4.47 Å². The molecule has 0 atom stereocenters. The Balaban J connectivity index is 1.75. The minimum atomic E-state index is -3.77. The maximum absolute atomic E-state index is 13.8. The minimum absolute atomic E-state index is 0.00549. The molecule has 1 amide bonds. The van der Waals surface area contributed by atoms with Crippen LogP contribution in [0.2, 0.25) is 0 Å². The highest BCUT2D eigenvalue weighted by atomic mass is 32.2. The van der Waals surface area contributed by atoms with Crippen LogP contribution in [0.4, 0.5) is 10.1 Å². The molecule has 0 radical (unpaired) electrons. The summed E-state index contributed by atoms with van der Waals surface area (Å²) in [5.74, 6) is -0.782. The topological polar surface area (TPSA) is 88.9 Å². The van der Waals surface area contributed by atoms with Crippen LogP contribution >= 0.6 is 0 Å². The lowest BCUT2D eigenvalue weighted by molar-refractivity contribution is -0.0258. The second kappa shape index (κ2) is 7.93. The van der Waals surface area contributed by atoms with E-state index in [1.165, 1.54) is 56.6 Å². The van der Waals surface area contributed by atoms with Crippen molar-refractivity contribution >= 4 is 21.6 Å². The third-order valence-corrected chi connectivity index (χ3v) is 5.67. The number of carbonyl (C=O) groups is 1. The SMILES string of the molecule is CON(C)S(=O)(=O)c1ccc(NC(=O)c2ccc(-c3ccccc3F)o2)cc1. The van der Waals surface area contributed by atoms with Crippen molar-refractivity contribution in [1.29, 1.82) is 0 Å². The van der Waals surface area contributed by atoms with Crippen molar-refractivity contribution in [3.8, 4) is 11.3 Å². The largest absolute Gasteiger partial charge is 0.451 e. The standard InChI is InChI=1S/C19H17FN2O5S/c1-22(26-2)28(24,25)14-9-7-13(8-10-14)21-19(23)18-12-11-17(27-18)15-5-3-4-6-16(15)20/h3-12H,1-2H3,(H,21,23). The summed E-state index contributed by atoms with van der Waals surface area (Å²) in [6, 6.07) is 14.6. The van der Waals surface area contributed by atoms with Gasteiger partial charge < -0.3 is 9.73 Å². The molecule has 2 aromatic carbocycles. The summed E-state index contributed by atoms with van der Waals surface area (Å²) in [5, 5.41) is 2.59. The lowest BCUT2D eigenvalue weighted by Gasteiger charge is -2.14. The van der Waals surface area contributed by atoms with Gasteiger partial charge in [-0.3, -0.25) is 9.63 Å². The quantitative estimate of drug-likeness (QED) is 0.635. The fourth-order valence-electron chi connectivity index (χ4n) is 2.42. The number of hydroxylamine groups is 1. The zero-order valence-corrected chi connectivity index (χ0v) is 15.9. The molecule has 0 spiro atoms. The summed E-state index contributed by atoms with van der Waals surface area (Å²) in [4.78, 5) is 17.0. The van der Waals surface area contributed by atoms with Crippen molar-refractivity contribution in [1.82, 2.24) is 4.47 Å². The monoisotopic (exact) mass is 404 g/mol. The van der Waals surface area contributed by atoms with E-state index in [4.69, 9.17) is 9.25 Å². The maximum Gasteiger partial charge on any atom is 0.291 e. The summed E-state index contributed by atoms with van der Waals surface area (Å²) in [5.41, 5.74) is 0.617. The summed E-state index contributed by atoms with van der Waals surface area (Å²) in [6.45, 7) is 0. The van der Waals surface area contributed by atoms with Crippen LogP contribution in [0.25, 0.3) is 11.3 Å². The van der Waals surface area contributed by atoms with Crippen LogP contribution in [0.1, 0.15) is 10.6 Å². The molecule has 1 aromatic heterocycles. The highest BCUT2D eigenvalue weighted by Gasteiger charge is 2.21. The number of benzene rings is 2. The van der Waals surface area contributed by atoms with Gasteiger partial charge in [0.05, 0.1) is 17.6 Å². The Morgan fingerprint density at radius 2 is 1.75 bits per heavy atom. The van der Waals surface area contributed by atoms with Crippen LogP contribution in [0.3, 0.4) is 0 Å². The predicted molar refractivity (Wildman–Crippen MR) is 100 cm³/mol. The van der Waals surface area contributed by atoms with Gasteiger partial charge in [-0.1, -0.05) is 16.6 Å². The van der Waals surface area contributed by atoms with Crippen LogP contribution in [-0.4, -0.2) is 33.0 Å². The van der Waals surface area contributed by atoms with Crippen LogP contribution in [0.15, 0.2) is 70.0 Å². The molecule has 0 fully saturated rings. The minimum Gasteiger partial charge on any atom is -0.451 e. The van der Waals surface area contributed by atoms with E-state index in [1.807, 2.05) is 0 Å². The Hall–Kier alpha value is -3.01. The Bertz CT molecular complexity index is 1090. The Labute approximate surface area is 161 Å². The van der Waals surface area contributed by atoms with E-state index in [9.17, 15) is 17.6 Å². The number of hydrogen-bond acceptors (Lipinski definition) is 5. The molecule has 0 unspecified atom stereocenters. The van der Waals surface area contributed by atoms with Gasteiger partial charge in [-0.05, 0) is 48.5 Å². The van der Waals surface area contributed by atoms with Gasteiger partial charge in [-0.15, -0.1) is 0 Å². The average molecular weight is 404 g/mol. The number of sulfonamides is 1. The Morgan fingerprint density at radius 3 is 2.39 bits per heavy atom. The van der Waals surface area contributed by atoms with E-state index in [2.05, 4.69) is 5.32 Å². The molecular formula is C19H17FN2O5S. The highest BCUT2D eigenvalue weighted by molar-refractivity contribution is 7.89. The van der Waals surface area contributed by atoms with Crippen molar-refractivity contribution in [2.45, 2.75) is 4.90 Å². The number of furan rings is 1. The molecule has 0 saturated carbocycles. The number of carbonyl (C=O) groups excluding carboxylic acids is 1. The lowest BCUT2D eigenvalue weighted by Crippen LogP contribution is -2.25. The van der Waals surface area contributed by atoms with Gasteiger partial charge in [-0.2, -0.15) is 0 Å². The average Bonchev–Trinajstić information content (AvgIpc) is 3.18. The zero-order chi connectivity index (χ0) is 20.3. The van der Waals surface area contributed by atoms with Crippen LogP contribution in [0, 0.1) is 5.82 Å². The molecule has 0 aliphatic carbocycles. The molecule has 0 aliphatic heterocycles. The number of anilines is 1. The number of rotatable bonds is 6. The fraction of sp³-hybridized carbons (Fsp3) is 0.105. The number of halogens is 1. The van der Waals surface area contributed by atoms with Crippen molar-refractivity contribution in [2.75, 3.05) is 19.5 Å². The number of hydrogen-bond donors (Lipinski definition) is 1. The molecule has 1 heterocycles. The number of nitrogens with one attached hydrogen (secondary N) is 1. The summed E-state index contributed by atoms with van der Waals surface area (Å²) in [7, 11) is -1.26. The molecular weight excluding hydrogens is 387 g/mol. The first-order valence-corrected chi connectivity index (χ1v) is 9.56. The van der Waals surface area contributed by atoms with Crippen molar-refractivity contribution in [3.05, 3.63) is 72.2 Å². The van der Waals surface area contributed by atoms with Crippen LogP contribution < -0.4 is 5.32 Å². The normalized spacial score (nSPS) is 11.6. The van der Waals surface area contributed by atoms with Crippen LogP contribution in [-0.2, 0) is 14.9 Å². The molecule has 1 N–H and O–H groups in total.